The molecule has 1 amide bonds. The molecule has 166 valence electrons. The number of amides is 1. The molecule has 0 radical (unpaired) electrons. The lowest BCUT2D eigenvalue weighted by molar-refractivity contribution is -0.113. The number of thioether (sulfide) groups is 1. The molecule has 0 aliphatic rings. The SMILES string of the molecule is C=CCn1c(CS(=O)(=O)c2ccccc2)nnc1SCC(=O)Nc1oc(C)c(C)c1C#N. The maximum absolute atomic E-state index is 12.7. The zero-order chi connectivity index (χ0) is 23.3. The number of sulfone groups is 1. The first-order chi connectivity index (χ1) is 15.3. The number of nitrogens with one attached hydrogen (secondary N) is 1. The molecule has 11 heteroatoms. The third kappa shape index (κ3) is 5.09. The van der Waals surface area contributed by atoms with Crippen molar-refractivity contribution in [3.63, 3.8) is 0 Å². The van der Waals surface area contributed by atoms with E-state index in [1.807, 2.05) is 6.07 Å². The Morgan fingerprint density at radius 3 is 2.69 bits per heavy atom. The predicted octanol–water partition coefficient (Wildman–Crippen LogP) is 3.25. The van der Waals surface area contributed by atoms with Crippen LogP contribution >= 0.6 is 11.8 Å². The molecule has 1 N–H and O–H groups in total. The molecule has 0 saturated carbocycles. The number of hydrogen-bond acceptors (Lipinski definition) is 8. The van der Waals surface area contributed by atoms with Crippen LogP contribution in [0.1, 0.15) is 22.7 Å². The molecule has 3 aromatic rings. The summed E-state index contributed by atoms with van der Waals surface area (Å²) >= 11 is 1.09. The first-order valence-corrected chi connectivity index (χ1v) is 12.1. The topological polar surface area (TPSA) is 131 Å². The minimum atomic E-state index is -3.61. The van der Waals surface area contributed by atoms with Gasteiger partial charge in [-0.15, -0.1) is 16.8 Å². The highest BCUT2D eigenvalue weighted by Gasteiger charge is 2.22. The van der Waals surface area contributed by atoms with Gasteiger partial charge < -0.3 is 8.98 Å². The molecule has 2 heterocycles. The Morgan fingerprint density at radius 1 is 1.31 bits per heavy atom. The number of carbonyl (C=O) groups excluding carboxylic acids is 1. The highest BCUT2D eigenvalue weighted by atomic mass is 32.2. The average molecular weight is 472 g/mol. The molecular formula is C21H21N5O4S2. The number of rotatable bonds is 9. The van der Waals surface area contributed by atoms with E-state index < -0.39 is 15.7 Å². The fourth-order valence-electron chi connectivity index (χ4n) is 2.87. The largest absolute Gasteiger partial charge is 0.444 e. The van der Waals surface area contributed by atoms with Gasteiger partial charge in [-0.3, -0.25) is 10.1 Å². The molecule has 2 aromatic heterocycles. The molecule has 0 aliphatic heterocycles. The van der Waals surface area contributed by atoms with Crippen molar-refractivity contribution in [3.8, 4) is 6.07 Å². The second kappa shape index (κ2) is 9.84. The molecule has 0 aliphatic carbocycles. The standard InChI is InChI=1S/C21H21N5O4S2/c1-4-10-26-18(13-32(28,29)16-8-6-5-7-9-16)24-25-21(26)31-12-19(27)23-20-17(11-22)14(2)15(3)30-20/h4-9H,1,10,12-13H2,2-3H3,(H,23,27). The Balaban J connectivity index is 1.73. The minimum Gasteiger partial charge on any atom is -0.444 e. The number of benzene rings is 1. The van der Waals surface area contributed by atoms with Crippen LogP contribution in [0, 0.1) is 25.2 Å². The Bertz CT molecular complexity index is 1290. The van der Waals surface area contributed by atoms with Crippen LogP contribution in [-0.2, 0) is 26.9 Å². The lowest BCUT2D eigenvalue weighted by Gasteiger charge is -2.08. The lowest BCUT2D eigenvalue weighted by Crippen LogP contribution is -2.15. The van der Waals surface area contributed by atoms with Crippen LogP contribution in [0.3, 0.4) is 0 Å². The minimum absolute atomic E-state index is 0.0373. The van der Waals surface area contributed by atoms with Crippen LogP contribution in [0.5, 0.6) is 0 Å². The van der Waals surface area contributed by atoms with Gasteiger partial charge in [0, 0.05) is 12.1 Å². The van der Waals surface area contributed by atoms with E-state index in [1.165, 1.54) is 12.1 Å². The van der Waals surface area contributed by atoms with Gasteiger partial charge in [-0.2, -0.15) is 5.26 Å². The number of hydrogen-bond donors (Lipinski definition) is 1. The maximum atomic E-state index is 12.7. The highest BCUT2D eigenvalue weighted by Crippen LogP contribution is 2.26. The summed E-state index contributed by atoms with van der Waals surface area (Å²) in [6.45, 7) is 7.43. The number of nitriles is 1. The summed E-state index contributed by atoms with van der Waals surface area (Å²) in [7, 11) is -3.61. The molecule has 1 aromatic carbocycles. The Labute approximate surface area is 190 Å². The van der Waals surface area contributed by atoms with E-state index in [9.17, 15) is 18.5 Å². The van der Waals surface area contributed by atoms with Gasteiger partial charge in [-0.1, -0.05) is 36.0 Å². The van der Waals surface area contributed by atoms with Gasteiger partial charge in [0.25, 0.3) is 0 Å². The summed E-state index contributed by atoms with van der Waals surface area (Å²) in [5.41, 5.74) is 0.953. The van der Waals surface area contributed by atoms with Crippen LogP contribution in [0.15, 0.2) is 57.5 Å². The van der Waals surface area contributed by atoms with Crippen molar-refractivity contribution in [2.24, 2.45) is 0 Å². The summed E-state index contributed by atoms with van der Waals surface area (Å²) in [5, 5.41) is 20.3. The molecule has 0 spiro atoms. The number of furan rings is 1. The number of aryl methyl sites for hydroxylation is 1. The predicted molar refractivity (Wildman–Crippen MR) is 120 cm³/mol. The van der Waals surface area contributed by atoms with Crippen LogP contribution in [-0.4, -0.2) is 34.8 Å². The van der Waals surface area contributed by atoms with Crippen molar-refractivity contribution in [1.82, 2.24) is 14.8 Å². The molecule has 0 atom stereocenters. The third-order valence-corrected chi connectivity index (χ3v) is 7.20. The summed E-state index contributed by atoms with van der Waals surface area (Å²) < 4.78 is 32.5. The second-order valence-electron chi connectivity index (χ2n) is 6.81. The van der Waals surface area contributed by atoms with Gasteiger partial charge in [0.1, 0.15) is 29.0 Å². The number of aromatic nitrogens is 3. The summed E-state index contributed by atoms with van der Waals surface area (Å²) in [6.07, 6.45) is 1.60. The van der Waals surface area contributed by atoms with Crippen LogP contribution in [0.4, 0.5) is 5.88 Å². The highest BCUT2D eigenvalue weighted by molar-refractivity contribution is 7.99. The van der Waals surface area contributed by atoms with Crippen molar-refractivity contribution in [3.05, 3.63) is 65.7 Å². The lowest BCUT2D eigenvalue weighted by atomic mass is 10.2. The van der Waals surface area contributed by atoms with E-state index in [-0.39, 0.29) is 40.2 Å². The molecule has 0 fully saturated rings. The second-order valence-corrected chi connectivity index (χ2v) is 9.74. The van der Waals surface area contributed by atoms with Crippen LogP contribution in [0.25, 0.3) is 0 Å². The van der Waals surface area contributed by atoms with Crippen LogP contribution in [0.2, 0.25) is 0 Å². The average Bonchev–Trinajstić information content (AvgIpc) is 3.26. The number of anilines is 1. The van der Waals surface area contributed by atoms with Crippen molar-refractivity contribution in [2.75, 3.05) is 11.1 Å². The molecule has 9 nitrogen and oxygen atoms in total. The number of carbonyl (C=O) groups is 1. The van der Waals surface area contributed by atoms with Gasteiger partial charge >= 0.3 is 0 Å². The summed E-state index contributed by atoms with van der Waals surface area (Å²) in [4.78, 5) is 12.6. The van der Waals surface area contributed by atoms with Crippen molar-refractivity contribution < 1.29 is 17.6 Å². The monoisotopic (exact) mass is 471 g/mol. The van der Waals surface area contributed by atoms with E-state index in [0.717, 1.165) is 11.8 Å². The van der Waals surface area contributed by atoms with Gasteiger partial charge in [-0.05, 0) is 26.0 Å². The fraction of sp³-hybridized carbons (Fsp3) is 0.238. The molecule has 3 rings (SSSR count). The van der Waals surface area contributed by atoms with Crippen LogP contribution < -0.4 is 5.32 Å². The third-order valence-electron chi connectivity index (χ3n) is 4.61. The number of nitrogens with zero attached hydrogens (tertiary/aromatic N) is 4. The molecule has 32 heavy (non-hydrogen) atoms. The first-order valence-electron chi connectivity index (χ1n) is 9.50. The van der Waals surface area contributed by atoms with E-state index in [2.05, 4.69) is 22.1 Å². The van der Waals surface area contributed by atoms with Crippen molar-refractivity contribution >= 4 is 33.4 Å². The zero-order valence-corrected chi connectivity index (χ0v) is 19.2. The van der Waals surface area contributed by atoms with Crippen molar-refractivity contribution in [1.29, 1.82) is 5.26 Å². The molecule has 0 bridgehead atoms. The zero-order valence-electron chi connectivity index (χ0n) is 17.5. The molecular weight excluding hydrogens is 450 g/mol. The maximum Gasteiger partial charge on any atom is 0.237 e. The molecule has 0 saturated heterocycles. The van der Waals surface area contributed by atoms with E-state index in [0.29, 0.717) is 16.5 Å². The Kier molecular flexibility index (Phi) is 7.17. The molecule has 0 unspecified atom stereocenters. The number of allylic oxidation sites excluding steroid dienone is 1. The fourth-order valence-corrected chi connectivity index (χ4v) is 4.93. The van der Waals surface area contributed by atoms with E-state index in [4.69, 9.17) is 4.42 Å². The van der Waals surface area contributed by atoms with E-state index >= 15 is 0 Å². The smallest absolute Gasteiger partial charge is 0.237 e. The summed E-state index contributed by atoms with van der Waals surface area (Å²) in [5.74, 6) is 0.147. The van der Waals surface area contributed by atoms with Gasteiger partial charge in [0.05, 0.1) is 10.6 Å². The van der Waals surface area contributed by atoms with E-state index in [1.54, 1.807) is 42.7 Å². The normalized spacial score (nSPS) is 11.2. The van der Waals surface area contributed by atoms with Gasteiger partial charge in [0.15, 0.2) is 15.0 Å². The van der Waals surface area contributed by atoms with Gasteiger partial charge in [-0.25, -0.2) is 8.42 Å². The quantitative estimate of drug-likeness (QED) is 0.372. The Morgan fingerprint density at radius 2 is 2.03 bits per heavy atom. The van der Waals surface area contributed by atoms with Gasteiger partial charge in [0.2, 0.25) is 11.8 Å². The van der Waals surface area contributed by atoms with Crippen molar-refractivity contribution in [2.45, 2.75) is 36.2 Å². The summed E-state index contributed by atoms with van der Waals surface area (Å²) in [6, 6.07) is 10.1. The Hall–Kier alpha value is -3.36. The first kappa shape index (κ1) is 23.3.